The maximum atomic E-state index is 13.0. The number of carboxylic acids is 1. The molecule has 2 aromatic carbocycles. The molecule has 180 valence electrons. The summed E-state index contributed by atoms with van der Waals surface area (Å²) in [6, 6.07) is 12.5. The molecule has 34 heavy (non-hydrogen) atoms. The molecule has 9 nitrogen and oxygen atoms in total. The number of nitrogens with one attached hydrogen (secondary N) is 3. The van der Waals surface area contributed by atoms with E-state index in [1.54, 1.807) is 18.2 Å². The summed E-state index contributed by atoms with van der Waals surface area (Å²) < 4.78 is 5.38. The number of carboxylic acid groups (broad SMARTS) is 1. The summed E-state index contributed by atoms with van der Waals surface area (Å²) in [5, 5.41) is 17.4. The number of hydrogen-bond donors (Lipinski definition) is 4. The summed E-state index contributed by atoms with van der Waals surface area (Å²) in [6.45, 7) is 0.253. The number of ether oxygens (including phenoxy) is 1. The Morgan fingerprint density at radius 1 is 1.21 bits per heavy atom. The van der Waals surface area contributed by atoms with Crippen LogP contribution in [0.1, 0.15) is 29.6 Å². The predicted octanol–water partition coefficient (Wildman–Crippen LogP) is 2.66. The normalized spacial score (nSPS) is 15.8. The number of aliphatic carboxylic acids is 1. The minimum Gasteiger partial charge on any atom is -0.480 e. The second-order valence-electron chi connectivity index (χ2n) is 7.79. The van der Waals surface area contributed by atoms with Crippen molar-refractivity contribution in [1.82, 2.24) is 16.0 Å². The molecule has 2 aromatic rings. The Morgan fingerprint density at radius 3 is 2.62 bits per heavy atom. The van der Waals surface area contributed by atoms with Crippen molar-refractivity contribution in [2.45, 2.75) is 31.3 Å². The van der Waals surface area contributed by atoms with Gasteiger partial charge >= 0.3 is 12.1 Å². The van der Waals surface area contributed by atoms with Crippen LogP contribution in [0, 0.1) is 0 Å². The first-order valence-electron chi connectivity index (χ1n) is 10.8. The molecule has 0 aliphatic carbocycles. The zero-order chi connectivity index (χ0) is 24.5. The Labute approximate surface area is 201 Å². The van der Waals surface area contributed by atoms with Gasteiger partial charge in [0.05, 0.1) is 0 Å². The van der Waals surface area contributed by atoms with Gasteiger partial charge in [0.2, 0.25) is 5.91 Å². The third kappa shape index (κ3) is 6.98. The highest BCUT2D eigenvalue weighted by Gasteiger charge is 2.23. The number of hydrogen-bond acceptors (Lipinski definition) is 6. The van der Waals surface area contributed by atoms with Crippen LogP contribution in [0.4, 0.5) is 4.79 Å². The fourth-order valence-electron chi connectivity index (χ4n) is 3.55. The Bertz CT molecular complexity index is 1050. The van der Waals surface area contributed by atoms with Crippen LogP contribution >= 0.6 is 11.8 Å². The van der Waals surface area contributed by atoms with E-state index in [2.05, 4.69) is 16.0 Å². The van der Waals surface area contributed by atoms with Gasteiger partial charge in [0.25, 0.3) is 5.91 Å². The fourth-order valence-corrected chi connectivity index (χ4v) is 4.02. The summed E-state index contributed by atoms with van der Waals surface area (Å²) in [5.41, 5.74) is 1.48. The van der Waals surface area contributed by atoms with Gasteiger partial charge in [-0.2, -0.15) is 11.8 Å². The Balaban J connectivity index is 1.76. The molecule has 0 spiro atoms. The lowest BCUT2D eigenvalue weighted by molar-refractivity contribution is -0.139. The second-order valence-corrected chi connectivity index (χ2v) is 8.78. The molecule has 1 saturated heterocycles. The molecule has 3 amide bonds. The second kappa shape index (κ2) is 12.1. The minimum atomic E-state index is -1.10. The first-order chi connectivity index (χ1) is 16.4. The predicted molar refractivity (Wildman–Crippen MR) is 129 cm³/mol. The molecule has 4 N–H and O–H groups in total. The van der Waals surface area contributed by atoms with Crippen LogP contribution in [0.25, 0.3) is 11.1 Å². The number of benzene rings is 2. The first-order valence-corrected chi connectivity index (χ1v) is 12.2. The van der Waals surface area contributed by atoms with Crippen LogP contribution in [0.15, 0.2) is 48.5 Å². The summed E-state index contributed by atoms with van der Waals surface area (Å²) in [6.07, 6.45) is 2.57. The van der Waals surface area contributed by atoms with Gasteiger partial charge < -0.3 is 25.8 Å². The molecule has 10 heteroatoms. The van der Waals surface area contributed by atoms with E-state index in [0.29, 0.717) is 36.1 Å². The molecule has 2 unspecified atom stereocenters. The maximum absolute atomic E-state index is 13.0. The molecule has 1 aliphatic heterocycles. The zero-order valence-corrected chi connectivity index (χ0v) is 19.5. The van der Waals surface area contributed by atoms with E-state index in [0.717, 1.165) is 0 Å². The fraction of sp³-hybridized carbons (Fsp3) is 0.333. The summed E-state index contributed by atoms with van der Waals surface area (Å²) in [7, 11) is 0. The van der Waals surface area contributed by atoms with Crippen molar-refractivity contribution in [2.24, 2.45) is 0 Å². The summed E-state index contributed by atoms with van der Waals surface area (Å²) in [4.78, 5) is 48.1. The van der Waals surface area contributed by atoms with Gasteiger partial charge in [-0.1, -0.05) is 30.3 Å². The molecule has 0 bridgehead atoms. The lowest BCUT2D eigenvalue weighted by atomic mass is 9.98. The van der Waals surface area contributed by atoms with Crippen LogP contribution in [-0.4, -0.2) is 59.6 Å². The summed E-state index contributed by atoms with van der Waals surface area (Å²) >= 11 is 1.50. The number of carbonyl (C=O) groups is 4. The topological polar surface area (TPSA) is 134 Å². The number of thioether (sulfide) groups is 1. The number of rotatable bonds is 10. The Hall–Kier alpha value is -3.53. The molecular weight excluding hydrogens is 458 g/mol. The van der Waals surface area contributed by atoms with Gasteiger partial charge in [-0.05, 0) is 54.2 Å². The molecular formula is C24H27N3O6S. The van der Waals surface area contributed by atoms with Crippen LogP contribution in [0.3, 0.4) is 0 Å². The van der Waals surface area contributed by atoms with Crippen LogP contribution in [0.2, 0.25) is 0 Å². The lowest BCUT2D eigenvalue weighted by Crippen LogP contribution is -2.41. The van der Waals surface area contributed by atoms with Crippen LogP contribution in [0.5, 0.6) is 5.75 Å². The highest BCUT2D eigenvalue weighted by atomic mass is 32.2. The standard InChI is InChI=1S/C24H27N3O6S/c1-34-12-11-20(23(30)31)27-22(29)18-9-8-17(13-19(18)15-5-3-2-4-6-15)33-24(32)25-14-16-7-10-21(28)26-16/h2-6,8-9,13,16,20H,7,10-12,14H2,1H3,(H,25,32)(H,26,28)(H,27,29)(H,30,31). The van der Waals surface area contributed by atoms with Crippen molar-refractivity contribution < 1.29 is 29.0 Å². The molecule has 0 saturated carbocycles. The van der Waals surface area contributed by atoms with Crippen LogP contribution in [-0.2, 0) is 9.59 Å². The van der Waals surface area contributed by atoms with E-state index >= 15 is 0 Å². The molecule has 1 aliphatic rings. The highest BCUT2D eigenvalue weighted by Crippen LogP contribution is 2.28. The first kappa shape index (κ1) is 25.1. The third-order valence-corrected chi connectivity index (χ3v) is 5.97. The lowest BCUT2D eigenvalue weighted by Gasteiger charge is -2.17. The van der Waals surface area contributed by atoms with Crippen molar-refractivity contribution in [3.63, 3.8) is 0 Å². The van der Waals surface area contributed by atoms with E-state index < -0.39 is 24.0 Å². The minimum absolute atomic E-state index is 0.0416. The van der Waals surface area contributed by atoms with Gasteiger partial charge in [-0.15, -0.1) is 0 Å². The maximum Gasteiger partial charge on any atom is 0.412 e. The molecule has 1 fully saturated rings. The van der Waals surface area contributed by atoms with Gasteiger partial charge in [0.15, 0.2) is 0 Å². The van der Waals surface area contributed by atoms with Gasteiger partial charge in [0.1, 0.15) is 11.8 Å². The van der Waals surface area contributed by atoms with Gasteiger partial charge in [-0.3, -0.25) is 9.59 Å². The monoisotopic (exact) mass is 485 g/mol. The highest BCUT2D eigenvalue weighted by molar-refractivity contribution is 7.98. The van der Waals surface area contributed by atoms with Gasteiger partial charge in [-0.25, -0.2) is 9.59 Å². The smallest absolute Gasteiger partial charge is 0.412 e. The molecule has 0 radical (unpaired) electrons. The average Bonchev–Trinajstić information content (AvgIpc) is 3.25. The number of amides is 3. The molecule has 1 heterocycles. The van der Waals surface area contributed by atoms with Crippen molar-refractivity contribution in [2.75, 3.05) is 18.6 Å². The van der Waals surface area contributed by atoms with E-state index in [4.69, 9.17) is 4.74 Å². The summed E-state index contributed by atoms with van der Waals surface area (Å²) in [5.74, 6) is -0.852. The van der Waals surface area contributed by atoms with E-state index in [9.17, 15) is 24.3 Å². The molecule has 3 rings (SSSR count). The average molecular weight is 486 g/mol. The van der Waals surface area contributed by atoms with Crippen molar-refractivity contribution in [3.05, 3.63) is 54.1 Å². The Morgan fingerprint density at radius 2 is 1.97 bits per heavy atom. The van der Waals surface area contributed by atoms with E-state index in [-0.39, 0.29) is 29.8 Å². The molecule has 0 aromatic heterocycles. The largest absolute Gasteiger partial charge is 0.480 e. The van der Waals surface area contributed by atoms with Crippen LogP contribution < -0.4 is 20.7 Å². The van der Waals surface area contributed by atoms with Gasteiger partial charge in [0, 0.05) is 24.6 Å². The van der Waals surface area contributed by atoms with Crippen molar-refractivity contribution >= 4 is 35.6 Å². The third-order valence-electron chi connectivity index (χ3n) is 5.32. The number of carbonyl (C=O) groups excluding carboxylic acids is 3. The zero-order valence-electron chi connectivity index (χ0n) is 18.7. The Kier molecular flexibility index (Phi) is 8.92. The quantitative estimate of drug-likeness (QED) is 0.406. The molecule has 2 atom stereocenters. The van der Waals surface area contributed by atoms with Crippen molar-refractivity contribution in [1.29, 1.82) is 0 Å². The SMILES string of the molecule is CSCCC(NC(=O)c1ccc(OC(=O)NCC2CCC(=O)N2)cc1-c1ccccc1)C(=O)O. The van der Waals surface area contributed by atoms with E-state index in [1.807, 2.05) is 24.5 Å². The van der Waals surface area contributed by atoms with E-state index in [1.165, 1.54) is 23.9 Å². The van der Waals surface area contributed by atoms with Crippen molar-refractivity contribution in [3.8, 4) is 16.9 Å².